The van der Waals surface area contributed by atoms with E-state index in [1.165, 1.54) is 18.2 Å². The lowest BCUT2D eigenvalue weighted by Gasteiger charge is -2.08. The maximum atomic E-state index is 12.2. The van der Waals surface area contributed by atoms with Crippen LogP contribution in [0, 0.1) is 0 Å². The van der Waals surface area contributed by atoms with Crippen LogP contribution in [0.1, 0.15) is 5.69 Å². The summed E-state index contributed by atoms with van der Waals surface area (Å²) in [5, 5.41) is 7.50. The zero-order valence-electron chi connectivity index (χ0n) is 12.6. The van der Waals surface area contributed by atoms with Crippen molar-refractivity contribution in [3.8, 4) is 0 Å². The molecular weight excluding hydrogens is 352 g/mol. The van der Waals surface area contributed by atoms with Gasteiger partial charge >= 0.3 is 0 Å². The maximum absolute atomic E-state index is 12.2. The van der Waals surface area contributed by atoms with Gasteiger partial charge in [0.05, 0.1) is 22.0 Å². The number of hydrogen-bond acceptors (Lipinski definition) is 5. The normalized spacial score (nSPS) is 11.6. The smallest absolute Gasteiger partial charge is 0.230 e. The predicted octanol–water partition coefficient (Wildman–Crippen LogP) is 3.07. The summed E-state index contributed by atoms with van der Waals surface area (Å²) in [6.45, 7) is 0. The monoisotopic (exact) mass is 364 g/mol. The first kappa shape index (κ1) is 16.5. The molecule has 1 heterocycles. The van der Waals surface area contributed by atoms with Gasteiger partial charge in [-0.1, -0.05) is 28.9 Å². The van der Waals surface area contributed by atoms with Crippen molar-refractivity contribution in [1.29, 1.82) is 0 Å². The Kier molecular flexibility index (Phi) is 4.29. The predicted molar refractivity (Wildman–Crippen MR) is 90.9 cm³/mol. The van der Waals surface area contributed by atoms with Crippen molar-refractivity contribution >= 4 is 44.0 Å². The van der Waals surface area contributed by atoms with Crippen molar-refractivity contribution < 1.29 is 17.7 Å². The highest BCUT2D eigenvalue weighted by Crippen LogP contribution is 2.26. The van der Waals surface area contributed by atoms with Gasteiger partial charge in [0.2, 0.25) is 5.91 Å². The van der Waals surface area contributed by atoms with Gasteiger partial charge in [-0.25, -0.2) is 8.42 Å². The molecule has 124 valence electrons. The fourth-order valence-electron chi connectivity index (χ4n) is 2.24. The lowest BCUT2D eigenvalue weighted by molar-refractivity contribution is -0.115. The van der Waals surface area contributed by atoms with E-state index in [-0.39, 0.29) is 27.9 Å². The Morgan fingerprint density at radius 2 is 2.00 bits per heavy atom. The second-order valence-corrected chi connectivity index (χ2v) is 7.69. The molecule has 0 fully saturated rings. The minimum absolute atomic E-state index is 0.0174. The number of hydrogen-bond donors (Lipinski definition) is 1. The molecule has 0 aliphatic heterocycles. The van der Waals surface area contributed by atoms with E-state index in [0.29, 0.717) is 11.3 Å². The van der Waals surface area contributed by atoms with Crippen LogP contribution in [-0.2, 0) is 21.1 Å². The van der Waals surface area contributed by atoms with Gasteiger partial charge in [-0.3, -0.25) is 4.79 Å². The number of anilines is 1. The average molecular weight is 365 g/mol. The number of para-hydroxylation sites is 1. The molecule has 8 heteroatoms. The molecule has 3 rings (SSSR count). The minimum atomic E-state index is -3.39. The maximum Gasteiger partial charge on any atom is 0.230 e. The number of nitrogens with one attached hydrogen (secondary N) is 1. The zero-order chi connectivity index (χ0) is 17.3. The van der Waals surface area contributed by atoms with Gasteiger partial charge in [0, 0.05) is 11.6 Å². The minimum Gasteiger partial charge on any atom is -0.356 e. The number of aromatic nitrogens is 1. The van der Waals surface area contributed by atoms with E-state index in [1.54, 1.807) is 6.07 Å². The van der Waals surface area contributed by atoms with Crippen molar-refractivity contribution in [1.82, 2.24) is 5.16 Å². The second kappa shape index (κ2) is 6.26. The van der Waals surface area contributed by atoms with Gasteiger partial charge < -0.3 is 9.84 Å². The molecule has 0 aliphatic carbocycles. The van der Waals surface area contributed by atoms with Crippen LogP contribution in [0.15, 0.2) is 51.9 Å². The second-order valence-electron chi connectivity index (χ2n) is 5.26. The van der Waals surface area contributed by atoms with Crippen LogP contribution in [0.2, 0.25) is 5.02 Å². The van der Waals surface area contributed by atoms with Crippen molar-refractivity contribution in [2.75, 3.05) is 11.6 Å². The van der Waals surface area contributed by atoms with Crippen LogP contribution < -0.4 is 5.32 Å². The molecule has 1 aromatic heterocycles. The largest absolute Gasteiger partial charge is 0.356 e. The van der Waals surface area contributed by atoms with Crippen LogP contribution in [0.5, 0.6) is 0 Å². The number of carbonyl (C=O) groups excluding carboxylic acids is 1. The number of amides is 1. The van der Waals surface area contributed by atoms with Gasteiger partial charge in [-0.15, -0.1) is 0 Å². The molecule has 1 N–H and O–H groups in total. The molecular formula is C16H13ClN2O4S. The van der Waals surface area contributed by atoms with Crippen molar-refractivity contribution in [3.05, 3.63) is 53.2 Å². The molecule has 6 nitrogen and oxygen atoms in total. The van der Waals surface area contributed by atoms with Crippen LogP contribution >= 0.6 is 11.6 Å². The van der Waals surface area contributed by atoms with Gasteiger partial charge in [-0.05, 0) is 30.3 Å². The van der Waals surface area contributed by atoms with Crippen molar-refractivity contribution in [2.24, 2.45) is 0 Å². The average Bonchev–Trinajstić information content (AvgIpc) is 2.91. The highest BCUT2D eigenvalue weighted by molar-refractivity contribution is 7.90. The molecule has 1 amide bonds. The molecule has 0 spiro atoms. The molecule has 0 aliphatic rings. The van der Waals surface area contributed by atoms with Gasteiger partial charge in [0.15, 0.2) is 15.4 Å². The van der Waals surface area contributed by atoms with Gasteiger partial charge in [-0.2, -0.15) is 0 Å². The number of rotatable bonds is 4. The number of carbonyl (C=O) groups is 1. The zero-order valence-corrected chi connectivity index (χ0v) is 14.2. The number of sulfone groups is 1. The number of fused-ring (bicyclic) bond motifs is 1. The summed E-state index contributed by atoms with van der Waals surface area (Å²) >= 11 is 6.02. The molecule has 0 atom stereocenters. The summed E-state index contributed by atoms with van der Waals surface area (Å²) in [6, 6.07) is 11.4. The molecule has 0 radical (unpaired) electrons. The third-order valence-electron chi connectivity index (χ3n) is 3.42. The first-order valence-electron chi connectivity index (χ1n) is 6.97. The SMILES string of the molecule is CS(=O)(=O)c1ccc(Cl)c(NC(=O)Cc2noc3ccccc23)c1. The number of nitrogens with zero attached hydrogens (tertiary/aromatic N) is 1. The summed E-state index contributed by atoms with van der Waals surface area (Å²) in [5.41, 5.74) is 1.33. The topological polar surface area (TPSA) is 89.3 Å². The lowest BCUT2D eigenvalue weighted by atomic mass is 10.1. The van der Waals surface area contributed by atoms with E-state index < -0.39 is 9.84 Å². The third kappa shape index (κ3) is 3.42. The highest BCUT2D eigenvalue weighted by Gasteiger charge is 2.15. The molecule has 0 saturated heterocycles. The number of halogens is 1. The van der Waals surface area contributed by atoms with E-state index in [0.717, 1.165) is 11.6 Å². The lowest BCUT2D eigenvalue weighted by Crippen LogP contribution is -2.15. The van der Waals surface area contributed by atoms with Gasteiger partial charge in [0.1, 0.15) is 5.69 Å². The van der Waals surface area contributed by atoms with E-state index in [9.17, 15) is 13.2 Å². The van der Waals surface area contributed by atoms with Gasteiger partial charge in [0.25, 0.3) is 0 Å². The van der Waals surface area contributed by atoms with E-state index in [2.05, 4.69) is 10.5 Å². The molecule has 2 aromatic carbocycles. The standard InChI is InChI=1S/C16H13ClN2O4S/c1-24(21,22)10-6-7-12(17)14(8-10)18-16(20)9-13-11-4-2-3-5-15(11)23-19-13/h2-8H,9H2,1H3,(H,18,20). The summed E-state index contributed by atoms with van der Waals surface area (Å²) < 4.78 is 28.4. The van der Waals surface area contributed by atoms with E-state index >= 15 is 0 Å². The quantitative estimate of drug-likeness (QED) is 0.768. The molecule has 0 saturated carbocycles. The molecule has 0 unspecified atom stereocenters. The van der Waals surface area contributed by atoms with Crippen molar-refractivity contribution in [3.63, 3.8) is 0 Å². The fraction of sp³-hybridized carbons (Fsp3) is 0.125. The Morgan fingerprint density at radius 1 is 1.25 bits per heavy atom. The van der Waals surface area contributed by atoms with Crippen LogP contribution in [-0.4, -0.2) is 25.7 Å². The number of benzene rings is 2. The van der Waals surface area contributed by atoms with Crippen LogP contribution in [0.25, 0.3) is 11.0 Å². The summed E-state index contributed by atoms with van der Waals surface area (Å²) in [7, 11) is -3.39. The highest BCUT2D eigenvalue weighted by atomic mass is 35.5. The third-order valence-corrected chi connectivity index (χ3v) is 4.86. The van der Waals surface area contributed by atoms with Crippen molar-refractivity contribution in [2.45, 2.75) is 11.3 Å². The van der Waals surface area contributed by atoms with E-state index in [4.69, 9.17) is 16.1 Å². The Bertz CT molecular complexity index is 1030. The summed E-state index contributed by atoms with van der Waals surface area (Å²) in [6.07, 6.45) is 1.07. The molecule has 0 bridgehead atoms. The van der Waals surface area contributed by atoms with E-state index in [1.807, 2.05) is 18.2 Å². The Balaban J connectivity index is 1.82. The molecule has 24 heavy (non-hydrogen) atoms. The summed E-state index contributed by atoms with van der Waals surface area (Å²) in [5.74, 6) is -0.374. The Hall–Kier alpha value is -2.38. The Labute approximate surface area is 143 Å². The van der Waals surface area contributed by atoms with Crippen LogP contribution in [0.3, 0.4) is 0 Å². The van der Waals surface area contributed by atoms with Crippen LogP contribution in [0.4, 0.5) is 5.69 Å². The molecule has 3 aromatic rings. The Morgan fingerprint density at radius 3 is 2.75 bits per heavy atom. The fourth-order valence-corrected chi connectivity index (χ4v) is 3.05. The summed E-state index contributed by atoms with van der Waals surface area (Å²) in [4.78, 5) is 12.3. The first-order chi connectivity index (χ1) is 11.3. The first-order valence-corrected chi connectivity index (χ1v) is 9.24.